The van der Waals surface area contributed by atoms with Crippen LogP contribution in [-0.2, 0) is 0 Å². The molecule has 4 rings (SSSR count). The van der Waals surface area contributed by atoms with Crippen LogP contribution in [0, 0.1) is 0 Å². The highest BCUT2D eigenvalue weighted by Gasteiger charge is 2.17. The average Bonchev–Trinajstić information content (AvgIpc) is 2.95. The molecule has 0 saturated heterocycles. The lowest BCUT2D eigenvalue weighted by Gasteiger charge is -2.16. The van der Waals surface area contributed by atoms with Gasteiger partial charge in [-0.3, -0.25) is 5.43 Å². The van der Waals surface area contributed by atoms with Gasteiger partial charge < -0.3 is 14.2 Å². The Morgan fingerprint density at radius 2 is 1.93 bits per heavy atom. The quantitative estimate of drug-likeness (QED) is 0.865. The van der Waals surface area contributed by atoms with Crippen molar-refractivity contribution in [3.05, 3.63) is 48.0 Å². The fraction of sp³-hybridized carbons (Fsp3) is 0.300. The molecule has 0 radical (unpaired) electrons. The van der Waals surface area contributed by atoms with Gasteiger partial charge in [0.25, 0.3) is 0 Å². The Morgan fingerprint density at radius 1 is 1.11 bits per heavy atom. The minimum absolute atomic E-state index is 0.655. The first-order valence-electron chi connectivity index (χ1n) is 8.99. The molecule has 0 unspecified atom stereocenters. The topological polar surface area (TPSA) is 64.4 Å². The average molecular weight is 383 g/mol. The fourth-order valence-electron chi connectivity index (χ4n) is 2.77. The van der Waals surface area contributed by atoms with Crippen LogP contribution in [0.15, 0.2) is 52.6 Å². The van der Waals surface area contributed by atoms with Gasteiger partial charge in [-0.15, -0.1) is 0 Å². The summed E-state index contributed by atoms with van der Waals surface area (Å²) in [5.41, 5.74) is 5.90. The van der Waals surface area contributed by atoms with E-state index in [1.807, 2.05) is 49.4 Å². The highest BCUT2D eigenvalue weighted by atomic mass is 32.2. The summed E-state index contributed by atoms with van der Waals surface area (Å²) in [5, 5.41) is 5.27. The van der Waals surface area contributed by atoms with Crippen molar-refractivity contribution in [1.82, 2.24) is 5.43 Å². The van der Waals surface area contributed by atoms with Crippen LogP contribution in [0.3, 0.4) is 0 Å². The van der Waals surface area contributed by atoms with Gasteiger partial charge in [0.2, 0.25) is 0 Å². The van der Waals surface area contributed by atoms with Crippen LogP contribution in [0.1, 0.15) is 18.9 Å². The van der Waals surface area contributed by atoms with Crippen molar-refractivity contribution in [3.8, 4) is 17.2 Å². The lowest BCUT2D eigenvalue weighted by Crippen LogP contribution is -2.25. The van der Waals surface area contributed by atoms with Crippen molar-refractivity contribution in [3.63, 3.8) is 0 Å². The van der Waals surface area contributed by atoms with Crippen molar-refractivity contribution in [1.29, 1.82) is 0 Å². The number of thioether (sulfide) groups is 1. The van der Waals surface area contributed by atoms with E-state index < -0.39 is 0 Å². The normalized spacial score (nSPS) is 17.7. The number of amidine groups is 1. The first-order chi connectivity index (χ1) is 13.3. The van der Waals surface area contributed by atoms with Crippen molar-refractivity contribution in [2.45, 2.75) is 13.3 Å². The zero-order valence-electron chi connectivity index (χ0n) is 15.1. The van der Waals surface area contributed by atoms with Gasteiger partial charge >= 0.3 is 0 Å². The van der Waals surface area contributed by atoms with E-state index in [4.69, 9.17) is 14.2 Å². The summed E-state index contributed by atoms with van der Waals surface area (Å²) < 4.78 is 16.9. The third-order valence-electron chi connectivity index (χ3n) is 4.09. The summed E-state index contributed by atoms with van der Waals surface area (Å²) in [4.78, 5) is 4.59. The second-order valence-corrected chi connectivity index (χ2v) is 6.98. The molecule has 6 nitrogen and oxygen atoms in total. The molecule has 0 spiro atoms. The summed E-state index contributed by atoms with van der Waals surface area (Å²) in [5.74, 6) is 3.17. The molecular formula is C20H21N3O3S. The molecule has 0 amide bonds. The third kappa shape index (κ3) is 4.36. The number of nitrogens with one attached hydrogen (secondary N) is 1. The van der Waals surface area contributed by atoms with E-state index in [0.29, 0.717) is 19.8 Å². The van der Waals surface area contributed by atoms with E-state index in [2.05, 4.69) is 15.5 Å². The minimum atomic E-state index is 0.655. The van der Waals surface area contributed by atoms with Crippen molar-refractivity contribution < 1.29 is 14.2 Å². The van der Waals surface area contributed by atoms with Crippen LogP contribution in [-0.4, -0.2) is 36.5 Å². The van der Waals surface area contributed by atoms with Gasteiger partial charge in [0.1, 0.15) is 5.75 Å². The van der Waals surface area contributed by atoms with Gasteiger partial charge in [-0.2, -0.15) is 5.10 Å². The van der Waals surface area contributed by atoms with Crippen LogP contribution in [0.2, 0.25) is 0 Å². The molecule has 0 aromatic heterocycles. The number of hydrogen-bond acceptors (Lipinski definition) is 6. The largest absolute Gasteiger partial charge is 0.494 e. The van der Waals surface area contributed by atoms with E-state index in [9.17, 15) is 0 Å². The van der Waals surface area contributed by atoms with Crippen LogP contribution >= 0.6 is 11.8 Å². The zero-order valence-corrected chi connectivity index (χ0v) is 15.9. The van der Waals surface area contributed by atoms with Gasteiger partial charge in [-0.1, -0.05) is 11.8 Å². The second kappa shape index (κ2) is 8.35. The number of ether oxygens (including phenoxy) is 3. The Balaban J connectivity index is 1.46. The molecule has 2 aliphatic rings. The van der Waals surface area contributed by atoms with Gasteiger partial charge in [0.05, 0.1) is 31.2 Å². The molecule has 2 aliphatic heterocycles. The molecule has 27 heavy (non-hydrogen) atoms. The van der Waals surface area contributed by atoms with Crippen LogP contribution in [0.25, 0.3) is 0 Å². The Kier molecular flexibility index (Phi) is 5.48. The van der Waals surface area contributed by atoms with E-state index in [1.54, 1.807) is 11.8 Å². The molecule has 2 aromatic rings. The number of nitrogens with zero attached hydrogens (tertiary/aromatic N) is 2. The molecule has 2 heterocycles. The maximum Gasteiger partial charge on any atom is 0.182 e. The van der Waals surface area contributed by atoms with Gasteiger partial charge in [-0.25, -0.2) is 4.99 Å². The summed E-state index contributed by atoms with van der Waals surface area (Å²) in [7, 11) is 0. The predicted octanol–water partition coefficient (Wildman–Crippen LogP) is 3.97. The first-order valence-corrected chi connectivity index (χ1v) is 9.97. The highest BCUT2D eigenvalue weighted by molar-refractivity contribution is 8.14. The molecule has 1 N–H and O–H groups in total. The van der Waals surface area contributed by atoms with Crippen molar-refractivity contribution >= 4 is 28.3 Å². The van der Waals surface area contributed by atoms with Crippen LogP contribution in [0.5, 0.6) is 17.2 Å². The first kappa shape index (κ1) is 17.7. The fourth-order valence-corrected chi connectivity index (χ4v) is 3.55. The van der Waals surface area contributed by atoms with Crippen molar-refractivity contribution in [2.75, 3.05) is 25.6 Å². The second-order valence-electron chi connectivity index (χ2n) is 6.01. The molecule has 0 saturated carbocycles. The monoisotopic (exact) mass is 383 g/mol. The number of aliphatic imine (C=N–C) groups is 1. The maximum absolute atomic E-state index is 5.77. The number of fused-ring (bicyclic) bond motifs is 1. The predicted molar refractivity (Wildman–Crippen MR) is 109 cm³/mol. The Morgan fingerprint density at radius 3 is 2.67 bits per heavy atom. The number of hydrogen-bond donors (Lipinski definition) is 1. The zero-order chi connectivity index (χ0) is 18.5. The Labute approximate surface area is 162 Å². The van der Waals surface area contributed by atoms with Gasteiger partial charge in [0.15, 0.2) is 16.7 Å². The van der Waals surface area contributed by atoms with E-state index >= 15 is 0 Å². The molecular weight excluding hydrogens is 362 g/mol. The third-order valence-corrected chi connectivity index (χ3v) is 4.97. The molecule has 0 bridgehead atoms. The summed E-state index contributed by atoms with van der Waals surface area (Å²) >= 11 is 1.62. The van der Waals surface area contributed by atoms with Gasteiger partial charge in [0, 0.05) is 17.7 Å². The Hall–Kier alpha value is -2.67. The number of rotatable bonds is 4. The molecule has 2 aromatic carbocycles. The standard InChI is InChI=1S/C20H21N3O3S/c1-2-24-16-7-5-15(6-8-16)21-20-23-22-17(13-27-20)14-4-9-18-19(12-14)26-11-3-10-25-18/h4-9,12H,2-3,10-11,13H2,1H3,(H,21,23). The number of hydrazone groups is 1. The lowest BCUT2D eigenvalue weighted by atomic mass is 10.1. The summed E-state index contributed by atoms with van der Waals surface area (Å²) in [6.45, 7) is 3.99. The molecule has 140 valence electrons. The Bertz CT molecular complexity index is 865. The van der Waals surface area contributed by atoms with Crippen LogP contribution in [0.4, 0.5) is 5.69 Å². The lowest BCUT2D eigenvalue weighted by molar-refractivity contribution is 0.297. The number of benzene rings is 2. The minimum Gasteiger partial charge on any atom is -0.494 e. The molecule has 0 atom stereocenters. The summed E-state index contributed by atoms with van der Waals surface area (Å²) in [6.07, 6.45) is 0.897. The van der Waals surface area contributed by atoms with Crippen LogP contribution < -0.4 is 19.6 Å². The summed E-state index contributed by atoms with van der Waals surface area (Å²) in [6, 6.07) is 13.7. The molecule has 7 heteroatoms. The molecule has 0 fully saturated rings. The SMILES string of the molecule is CCOc1ccc(N=C2NN=C(c3ccc4c(c3)OCCCO4)CS2)cc1. The van der Waals surface area contributed by atoms with E-state index in [-0.39, 0.29) is 0 Å². The van der Waals surface area contributed by atoms with E-state index in [0.717, 1.165) is 51.6 Å². The highest BCUT2D eigenvalue weighted by Crippen LogP contribution is 2.31. The van der Waals surface area contributed by atoms with E-state index in [1.165, 1.54) is 0 Å². The molecule has 0 aliphatic carbocycles. The maximum atomic E-state index is 5.77. The smallest absolute Gasteiger partial charge is 0.182 e. The van der Waals surface area contributed by atoms with Crippen molar-refractivity contribution in [2.24, 2.45) is 10.1 Å². The van der Waals surface area contributed by atoms with Gasteiger partial charge in [-0.05, 0) is 49.4 Å².